The lowest BCUT2D eigenvalue weighted by molar-refractivity contribution is 0.100. The van der Waals surface area contributed by atoms with Crippen molar-refractivity contribution in [3.05, 3.63) is 463 Å². The number of nitrogens with two attached hydrogens (primary N) is 2. The molecule has 17 rings (SSSR count). The van der Waals surface area contributed by atoms with Gasteiger partial charge >= 0.3 is 0 Å². The zero-order valence-corrected chi connectivity index (χ0v) is 86.7. The highest BCUT2D eigenvalue weighted by molar-refractivity contribution is 7.93. The molecule has 0 aliphatic heterocycles. The number of hydrogen-bond acceptors (Lipinski definition) is 24. The number of ketones is 4. The number of carbonyl (C=O) groups excluding carboxylic acids is 4. The number of aromatic nitrogens is 8. The summed E-state index contributed by atoms with van der Waals surface area (Å²) in [4.78, 5) is 52.8. The van der Waals surface area contributed by atoms with E-state index in [1.165, 1.54) is 135 Å². The third kappa shape index (κ3) is 32.5. The third-order valence-electron chi connectivity index (χ3n) is 22.2. The van der Waals surface area contributed by atoms with Crippen LogP contribution in [0.1, 0.15) is 103 Å². The summed E-state index contributed by atoms with van der Waals surface area (Å²) in [7, 11) is -17.9. The maximum Gasteiger partial charge on any atom is 0.263 e. The number of nitrogen functional groups attached to an aromatic ring is 1. The van der Waals surface area contributed by atoms with E-state index in [0.717, 1.165) is 62.6 Å². The van der Waals surface area contributed by atoms with Gasteiger partial charge in [-0.05, 0) is 245 Å². The van der Waals surface area contributed by atoms with E-state index in [2.05, 4.69) is 78.2 Å². The van der Waals surface area contributed by atoms with Gasteiger partial charge in [0.2, 0.25) is 30.1 Å². The molecule has 766 valence electrons. The summed E-state index contributed by atoms with van der Waals surface area (Å²) in [6, 6.07) is 100. The number of nitrogens with one attached hydrogen (secondary N) is 5. The second-order valence-electron chi connectivity index (χ2n) is 33.3. The van der Waals surface area contributed by atoms with Crippen LogP contribution in [0, 0.1) is 0 Å². The fourth-order valence-corrected chi connectivity index (χ4v) is 21.1. The number of sulfonamides is 5. The lowest BCUT2D eigenvalue weighted by Crippen LogP contribution is -2.24. The number of hydrogen-bond donors (Lipinski definition) is 7. The van der Waals surface area contributed by atoms with E-state index in [1.54, 1.807) is 148 Å². The highest BCUT2D eigenvalue weighted by Crippen LogP contribution is 2.31. The molecule has 0 saturated heterocycles. The molecule has 0 aliphatic carbocycles. The molecule has 0 fully saturated rings. The smallest absolute Gasteiger partial charge is 0.263 e. The zero-order chi connectivity index (χ0) is 107. The minimum Gasteiger partial charge on any atom is -0.405 e. The minimum atomic E-state index is -3.79. The Balaban J connectivity index is 0.000000159. The molecule has 9 N–H and O–H groups in total. The number of sulfone groups is 1. The van der Waals surface area contributed by atoms with E-state index in [-0.39, 0.29) is 73.0 Å². The fraction of sp³-hybridized carbons (Fsp3) is 0.118. The molecule has 0 atom stereocenters. The number of Topliss-reactive ketones (excluding diaryl/α,β-unsaturated/α-hetero) is 4. The number of aryl methyl sites for hydroxylation is 1. The number of nitrogens with zero attached hydrogens (tertiary/aromatic N) is 10. The van der Waals surface area contributed by atoms with E-state index in [4.69, 9.17) is 11.5 Å². The van der Waals surface area contributed by atoms with Crippen LogP contribution in [-0.2, 0) is 99.1 Å². The van der Waals surface area contributed by atoms with Gasteiger partial charge in [-0.15, -0.1) is 0 Å². The SMILES string of the molecule is CC(=O)c1ccc(S(=O)(=O)Nc2ccccc2N=CC=CN)cc1.CC(=O)c1cccc(S(=O)(=O)NCc2ccccc2-c2ccc(CN(C)C)cc2)c1.CC(=O)c1cccc(S(=O)(=O)NCc2ccccc2-n2cccn2)c1.CC(=O)c1cccc(S(=O)(=O)NCc2ccccc2Cn2cccn2)c1.Nc1ccc(S(=O)(=O)Nc2ccnn2-c2ccccc2)cc1.O=S(=O)(CCc1ccccc1-n1cccn1)c1ccccc1. The predicted molar refractivity (Wildman–Crippen MR) is 578 cm³/mol. The summed E-state index contributed by atoms with van der Waals surface area (Å²) in [5.41, 5.74) is 23.9. The summed E-state index contributed by atoms with van der Waals surface area (Å²) in [5, 5.41) is 16.7. The van der Waals surface area contributed by atoms with Gasteiger partial charge in [0.05, 0.1) is 76.3 Å². The van der Waals surface area contributed by atoms with Gasteiger partial charge in [0.15, 0.2) is 33.0 Å². The van der Waals surface area contributed by atoms with Gasteiger partial charge in [-0.1, -0.05) is 206 Å². The Kier molecular flexibility index (Phi) is 39.2. The van der Waals surface area contributed by atoms with Crippen LogP contribution in [0.5, 0.6) is 0 Å². The van der Waals surface area contributed by atoms with Crippen molar-refractivity contribution < 1.29 is 69.7 Å². The number of carbonyl (C=O) groups is 4. The van der Waals surface area contributed by atoms with Gasteiger partial charge in [-0.2, -0.15) is 20.4 Å². The molecule has 17 aromatic rings. The highest BCUT2D eigenvalue weighted by atomic mass is 32.2. The number of rotatable bonds is 36. The number of para-hydroxylation sites is 5. The summed E-state index contributed by atoms with van der Waals surface area (Å²) in [6.45, 7) is 7.50. The quantitative estimate of drug-likeness (QED) is 0.0109. The Hall–Kier alpha value is -16.5. The Morgan fingerprint density at radius 1 is 0.376 bits per heavy atom. The predicted octanol–water partition coefficient (Wildman–Crippen LogP) is 17.3. The summed E-state index contributed by atoms with van der Waals surface area (Å²) in [6.07, 6.45) is 16.9. The molecule has 0 aliphatic rings. The molecule has 0 amide bonds. The zero-order valence-electron chi connectivity index (χ0n) is 81.8. The van der Waals surface area contributed by atoms with E-state index < -0.39 is 60.0 Å². The Labute approximate surface area is 867 Å². The first kappa shape index (κ1) is 111. The molecule has 0 saturated carbocycles. The van der Waals surface area contributed by atoms with Crippen LogP contribution in [-0.4, -0.2) is 144 Å². The second kappa shape index (κ2) is 52.5. The molecule has 33 nitrogen and oxygen atoms in total. The van der Waals surface area contributed by atoms with Crippen molar-refractivity contribution in [3.63, 3.8) is 0 Å². The lowest BCUT2D eigenvalue weighted by atomic mass is 9.99. The van der Waals surface area contributed by atoms with Crippen molar-refractivity contribution >= 4 is 112 Å². The van der Waals surface area contributed by atoms with Crippen LogP contribution in [0.2, 0.25) is 0 Å². The van der Waals surface area contributed by atoms with Gasteiger partial charge < -0.3 is 16.4 Å². The molecule has 0 unspecified atom stereocenters. The van der Waals surface area contributed by atoms with E-state index in [1.807, 2.05) is 172 Å². The standard InChI is InChI=1S/C24H26N2O3S.C19H19N3O3S.C18H17N3O3S.C17H17N3O3S.C17H16N2O2S.C15H14N4O2S/c1-18(27)21-8-6-9-23(15-21)30(28,29)25-16-22-7-4-5-10-24(22)20-13-11-19(12-14-20)17-26(2)3;1-15(23)16-8-4-9-19(12-16)26(24,25)21-13-17-6-2-3-7-18(17)14-22-11-5-10-20-22;1-14(22)15-7-4-8-17(12-15)25(23,24)20-13-16-6-2-3-9-18(16)21-11-5-10-19-21;1-13(21)14-7-9-15(10-8-14)24(22,23)20-17-6-3-2-5-16(17)19-12-4-11-18;20-22(21,16-8-2-1-3-9-16)14-11-15-7-4-5-10-17(15)19-13-6-12-18-19;16-12-6-8-14(9-7-12)22(20,21)18-15-10-11-17-19(15)13-4-2-1-3-5-13/h4-15,25H,16-17H2,1-3H3;2-12,21H,13-14H2,1H3;2-12,20H,13H2,1H3;2-12,20H,18H2,1H3;1-10,12-13H,11,14H2;1-11,18H,16H2. The average molecular weight is 2120 g/mol. The first-order valence-corrected chi connectivity index (χ1v) is 55.2. The Morgan fingerprint density at radius 2 is 0.812 bits per heavy atom. The molecule has 4 aromatic heterocycles. The van der Waals surface area contributed by atoms with Crippen LogP contribution >= 0.6 is 0 Å². The molecule has 149 heavy (non-hydrogen) atoms. The van der Waals surface area contributed by atoms with Crippen LogP contribution in [0.3, 0.4) is 0 Å². The van der Waals surface area contributed by atoms with Gasteiger partial charge in [0.1, 0.15) is 5.82 Å². The van der Waals surface area contributed by atoms with Crippen molar-refractivity contribution in [1.82, 2.24) is 58.2 Å². The van der Waals surface area contributed by atoms with Gasteiger partial charge in [0, 0.05) is 104 Å². The molecule has 13 aromatic carbocycles. The maximum atomic E-state index is 12.7. The normalized spacial score (nSPS) is 11.5. The van der Waals surface area contributed by atoms with Gasteiger partial charge in [0.25, 0.3) is 20.0 Å². The van der Waals surface area contributed by atoms with Crippen LogP contribution in [0.15, 0.2) is 442 Å². The largest absolute Gasteiger partial charge is 0.405 e. The van der Waals surface area contributed by atoms with Crippen LogP contribution in [0.25, 0.3) is 28.2 Å². The van der Waals surface area contributed by atoms with Crippen molar-refractivity contribution in [2.75, 3.05) is 35.0 Å². The minimum absolute atomic E-state index is 0.0631. The Morgan fingerprint density at radius 3 is 1.32 bits per heavy atom. The lowest BCUT2D eigenvalue weighted by Gasteiger charge is -2.13. The third-order valence-corrected chi connectivity index (χ3v) is 30.9. The summed E-state index contributed by atoms with van der Waals surface area (Å²) >= 11 is 0. The Bertz CT molecular complexity index is 8240. The molecule has 0 spiro atoms. The van der Waals surface area contributed by atoms with Crippen molar-refractivity contribution in [3.8, 4) is 28.2 Å². The molecule has 4 heterocycles. The fourth-order valence-electron chi connectivity index (χ4n) is 14.5. The van der Waals surface area contributed by atoms with Crippen molar-refractivity contribution in [2.24, 2.45) is 10.7 Å². The number of allylic oxidation sites excluding steroid dienone is 1. The van der Waals surface area contributed by atoms with Gasteiger partial charge in [-0.3, -0.25) is 38.3 Å². The molecular formula is C110H109N17O16S6. The number of benzene rings is 13. The molecule has 39 heteroatoms. The van der Waals surface area contributed by atoms with Crippen LogP contribution in [0.4, 0.5) is 22.9 Å². The van der Waals surface area contributed by atoms with E-state index >= 15 is 0 Å². The number of anilines is 3. The second-order valence-corrected chi connectivity index (χ2v) is 44.1. The first-order chi connectivity index (χ1) is 71.3. The van der Waals surface area contributed by atoms with Crippen LogP contribution < -0.4 is 35.1 Å². The van der Waals surface area contributed by atoms with Crippen molar-refractivity contribution in [1.29, 1.82) is 0 Å². The molecular weight excluding hydrogens is 2010 g/mol. The maximum absolute atomic E-state index is 12.7. The summed E-state index contributed by atoms with van der Waals surface area (Å²) < 4.78 is 170. The average Bonchev–Trinajstić information content (AvgIpc) is 1.59. The molecule has 0 bridgehead atoms. The monoisotopic (exact) mass is 2120 g/mol. The molecule has 0 radical (unpaired) electrons. The highest BCUT2D eigenvalue weighted by Gasteiger charge is 2.24. The van der Waals surface area contributed by atoms with E-state index in [0.29, 0.717) is 63.0 Å². The number of aliphatic imine (C=N–C) groups is 1. The van der Waals surface area contributed by atoms with E-state index in [9.17, 15) is 69.7 Å². The topological polar surface area (TPSA) is 472 Å². The summed E-state index contributed by atoms with van der Waals surface area (Å²) in [5.74, 6) is -0.208. The van der Waals surface area contributed by atoms with Crippen molar-refractivity contribution in [2.45, 2.75) is 96.2 Å². The van der Waals surface area contributed by atoms with Gasteiger partial charge in [-0.25, -0.2) is 78.7 Å². The first-order valence-electron chi connectivity index (χ1n) is 46.1.